The molecule has 30 heavy (non-hydrogen) atoms. The number of carbonyl (C=O) groups excluding carboxylic acids is 2. The smallest absolute Gasteiger partial charge is 0.305 e. The molecule has 0 atom stereocenters. The summed E-state index contributed by atoms with van der Waals surface area (Å²) in [5.74, 6) is 1.28. The summed E-state index contributed by atoms with van der Waals surface area (Å²) in [6, 6.07) is 11.8. The van der Waals surface area contributed by atoms with Crippen LogP contribution < -0.4 is 9.47 Å². The third-order valence-corrected chi connectivity index (χ3v) is 4.52. The lowest BCUT2D eigenvalue weighted by molar-refractivity contribution is -0.144. The number of hydrogen-bond donors (Lipinski definition) is 0. The van der Waals surface area contributed by atoms with Crippen molar-refractivity contribution < 1.29 is 28.5 Å². The third kappa shape index (κ3) is 7.93. The Morgan fingerprint density at radius 1 is 0.667 bits per heavy atom. The lowest BCUT2D eigenvalue weighted by Crippen LogP contribution is -2.05. The molecule has 0 spiro atoms. The third-order valence-electron chi connectivity index (χ3n) is 4.52. The summed E-state index contributed by atoms with van der Waals surface area (Å²) in [7, 11) is 0. The quantitative estimate of drug-likeness (QED) is 0.316. The predicted molar refractivity (Wildman–Crippen MR) is 116 cm³/mol. The van der Waals surface area contributed by atoms with Crippen molar-refractivity contribution in [1.82, 2.24) is 0 Å². The van der Waals surface area contributed by atoms with Gasteiger partial charge in [0, 0.05) is 23.6 Å². The summed E-state index contributed by atoms with van der Waals surface area (Å²) < 4.78 is 21.8. The second-order valence-electron chi connectivity index (χ2n) is 6.83. The van der Waals surface area contributed by atoms with Gasteiger partial charge in [-0.25, -0.2) is 0 Å². The fourth-order valence-electron chi connectivity index (χ4n) is 3.07. The van der Waals surface area contributed by atoms with Gasteiger partial charge in [-0.05, 0) is 51.7 Å². The first-order valence-corrected chi connectivity index (χ1v) is 10.7. The molecule has 0 amide bonds. The molecule has 6 nitrogen and oxygen atoms in total. The van der Waals surface area contributed by atoms with Crippen molar-refractivity contribution in [2.24, 2.45) is 0 Å². The van der Waals surface area contributed by atoms with Crippen molar-refractivity contribution in [1.29, 1.82) is 0 Å². The van der Waals surface area contributed by atoms with Crippen molar-refractivity contribution in [3.8, 4) is 11.5 Å². The minimum absolute atomic E-state index is 0.160. The summed E-state index contributed by atoms with van der Waals surface area (Å²) >= 11 is 0. The predicted octanol–water partition coefficient (Wildman–Crippen LogP) is 5.06. The zero-order chi connectivity index (χ0) is 21.6. The largest absolute Gasteiger partial charge is 0.493 e. The van der Waals surface area contributed by atoms with E-state index in [0.717, 1.165) is 48.0 Å². The molecule has 0 aliphatic heterocycles. The van der Waals surface area contributed by atoms with Gasteiger partial charge in [0.25, 0.3) is 0 Å². The average Bonchev–Trinajstić information content (AvgIpc) is 2.74. The Morgan fingerprint density at radius 2 is 1.10 bits per heavy atom. The van der Waals surface area contributed by atoms with Crippen molar-refractivity contribution >= 4 is 22.7 Å². The molecule has 0 bridgehead atoms. The minimum Gasteiger partial charge on any atom is -0.493 e. The van der Waals surface area contributed by atoms with E-state index >= 15 is 0 Å². The Hall–Kier alpha value is -2.76. The normalized spacial score (nSPS) is 10.6. The highest BCUT2D eigenvalue weighted by molar-refractivity contribution is 5.93. The van der Waals surface area contributed by atoms with E-state index in [2.05, 4.69) is 0 Å². The highest BCUT2D eigenvalue weighted by Gasteiger charge is 2.09. The number of fused-ring (bicyclic) bond motifs is 1. The number of hydrogen-bond acceptors (Lipinski definition) is 6. The summed E-state index contributed by atoms with van der Waals surface area (Å²) in [4.78, 5) is 22.8. The summed E-state index contributed by atoms with van der Waals surface area (Å²) in [5.41, 5.74) is 0. The maximum atomic E-state index is 11.4. The first-order valence-electron chi connectivity index (χ1n) is 10.7. The standard InChI is InChI=1S/C24H32O6/c1-3-27-23(25)13-7-9-17-29-21-15-16-22(20-12-6-5-11-19(20)21)30-18-10-8-14-24(26)28-4-2/h5-6,11-12,15-16H,3-4,7-10,13-14,17-18H2,1-2H3. The maximum absolute atomic E-state index is 11.4. The van der Waals surface area contributed by atoms with Gasteiger partial charge in [0.1, 0.15) is 11.5 Å². The first-order chi connectivity index (χ1) is 14.7. The molecule has 0 fully saturated rings. The van der Waals surface area contributed by atoms with Crippen LogP contribution in [0.5, 0.6) is 11.5 Å². The van der Waals surface area contributed by atoms with Crippen LogP contribution in [0, 0.1) is 0 Å². The van der Waals surface area contributed by atoms with E-state index in [9.17, 15) is 9.59 Å². The van der Waals surface area contributed by atoms with Gasteiger partial charge in [0.15, 0.2) is 0 Å². The average molecular weight is 417 g/mol. The fourth-order valence-corrected chi connectivity index (χ4v) is 3.07. The minimum atomic E-state index is -0.160. The van der Waals surface area contributed by atoms with Crippen molar-refractivity contribution in [3.05, 3.63) is 36.4 Å². The van der Waals surface area contributed by atoms with Crippen LogP contribution in [0.3, 0.4) is 0 Å². The van der Waals surface area contributed by atoms with Gasteiger partial charge in [-0.2, -0.15) is 0 Å². The van der Waals surface area contributed by atoms with Gasteiger partial charge >= 0.3 is 11.9 Å². The Morgan fingerprint density at radius 3 is 1.50 bits per heavy atom. The zero-order valence-electron chi connectivity index (χ0n) is 18.0. The van der Waals surface area contributed by atoms with Crippen LogP contribution >= 0.6 is 0 Å². The van der Waals surface area contributed by atoms with Gasteiger partial charge in [0.2, 0.25) is 0 Å². The van der Waals surface area contributed by atoms with E-state index in [4.69, 9.17) is 18.9 Å². The number of rotatable bonds is 14. The molecule has 0 unspecified atom stereocenters. The van der Waals surface area contributed by atoms with Gasteiger partial charge in [-0.1, -0.05) is 24.3 Å². The van der Waals surface area contributed by atoms with Crippen LogP contribution in [-0.2, 0) is 19.1 Å². The Balaban J connectivity index is 1.83. The van der Waals surface area contributed by atoms with Crippen LogP contribution in [0.1, 0.15) is 52.4 Å². The molecule has 0 saturated heterocycles. The molecule has 0 radical (unpaired) electrons. The van der Waals surface area contributed by atoms with Crippen LogP contribution in [0.2, 0.25) is 0 Å². The molecule has 2 rings (SSSR count). The number of esters is 2. The van der Waals surface area contributed by atoms with Crippen LogP contribution in [0.15, 0.2) is 36.4 Å². The Bertz CT molecular complexity index is 735. The van der Waals surface area contributed by atoms with Gasteiger partial charge in [0.05, 0.1) is 26.4 Å². The van der Waals surface area contributed by atoms with Crippen molar-refractivity contribution in [2.75, 3.05) is 26.4 Å². The summed E-state index contributed by atoms with van der Waals surface area (Å²) in [6.07, 6.45) is 3.88. The first kappa shape index (κ1) is 23.5. The highest BCUT2D eigenvalue weighted by Crippen LogP contribution is 2.33. The topological polar surface area (TPSA) is 71.1 Å². The van der Waals surface area contributed by atoms with Gasteiger partial charge in [-0.15, -0.1) is 0 Å². The Labute approximate surface area is 178 Å². The molecule has 164 valence electrons. The fraction of sp³-hybridized carbons (Fsp3) is 0.500. The molecule has 0 aliphatic carbocycles. The molecular weight excluding hydrogens is 384 g/mol. The molecule has 0 N–H and O–H groups in total. The molecule has 0 aromatic heterocycles. The molecule has 0 saturated carbocycles. The molecule has 6 heteroatoms. The molecule has 2 aromatic carbocycles. The maximum Gasteiger partial charge on any atom is 0.305 e. The lowest BCUT2D eigenvalue weighted by atomic mass is 10.1. The van der Waals surface area contributed by atoms with Crippen LogP contribution in [0.25, 0.3) is 10.8 Å². The highest BCUT2D eigenvalue weighted by atomic mass is 16.5. The zero-order valence-corrected chi connectivity index (χ0v) is 18.0. The monoisotopic (exact) mass is 416 g/mol. The van der Waals surface area contributed by atoms with E-state index in [-0.39, 0.29) is 11.9 Å². The second-order valence-corrected chi connectivity index (χ2v) is 6.83. The SMILES string of the molecule is CCOC(=O)CCCCOc1ccc(OCCCCC(=O)OCC)c2ccccc12. The van der Waals surface area contributed by atoms with E-state index in [1.807, 2.05) is 50.2 Å². The second kappa shape index (κ2) is 13.5. The number of benzene rings is 2. The van der Waals surface area contributed by atoms with E-state index in [1.54, 1.807) is 0 Å². The van der Waals surface area contributed by atoms with E-state index in [0.29, 0.717) is 39.3 Å². The van der Waals surface area contributed by atoms with Crippen molar-refractivity contribution in [2.45, 2.75) is 52.4 Å². The summed E-state index contributed by atoms with van der Waals surface area (Å²) in [5, 5.41) is 1.99. The number of carbonyl (C=O) groups is 2. The van der Waals surface area contributed by atoms with Gasteiger partial charge < -0.3 is 18.9 Å². The summed E-state index contributed by atoms with van der Waals surface area (Å²) in [6.45, 7) is 5.53. The van der Waals surface area contributed by atoms with E-state index < -0.39 is 0 Å². The molecular formula is C24H32O6. The Kier molecular flexibility index (Phi) is 10.6. The lowest BCUT2D eigenvalue weighted by Gasteiger charge is -2.13. The van der Waals surface area contributed by atoms with Crippen LogP contribution in [-0.4, -0.2) is 38.4 Å². The molecule has 2 aromatic rings. The number of unbranched alkanes of at least 4 members (excludes halogenated alkanes) is 2. The number of ether oxygens (including phenoxy) is 4. The molecule has 0 aliphatic rings. The van der Waals surface area contributed by atoms with E-state index in [1.165, 1.54) is 0 Å². The van der Waals surface area contributed by atoms with Crippen LogP contribution in [0.4, 0.5) is 0 Å². The van der Waals surface area contributed by atoms with Gasteiger partial charge in [-0.3, -0.25) is 9.59 Å². The molecule has 0 heterocycles. The van der Waals surface area contributed by atoms with Crippen molar-refractivity contribution in [3.63, 3.8) is 0 Å².